The van der Waals surface area contributed by atoms with Gasteiger partial charge in [0.25, 0.3) is 5.91 Å². The number of benzene rings is 2. The van der Waals surface area contributed by atoms with Gasteiger partial charge in [-0.3, -0.25) is 4.79 Å². The number of hydrogen-bond acceptors (Lipinski definition) is 5. The number of carbonyl (C=O) groups is 1. The number of nitrogens with one attached hydrogen (secondary N) is 2. The lowest BCUT2D eigenvalue weighted by molar-refractivity contribution is 0.102. The lowest BCUT2D eigenvalue weighted by Gasteiger charge is -2.16. The second-order valence-corrected chi connectivity index (χ2v) is 7.12. The van der Waals surface area contributed by atoms with Crippen molar-refractivity contribution in [1.82, 2.24) is 9.97 Å². The molecular weight excluding hydrogens is 362 g/mol. The Bertz CT molecular complexity index is 1100. The maximum absolute atomic E-state index is 12.9. The first-order chi connectivity index (χ1) is 13.9. The molecule has 0 bridgehead atoms. The van der Waals surface area contributed by atoms with Crippen LogP contribution in [0, 0.1) is 25.2 Å². The molecule has 0 unspecified atom stereocenters. The summed E-state index contributed by atoms with van der Waals surface area (Å²) in [6.07, 6.45) is 0. The summed E-state index contributed by atoms with van der Waals surface area (Å²) in [6.45, 7) is 7.88. The molecule has 0 fully saturated rings. The van der Waals surface area contributed by atoms with E-state index in [-0.39, 0.29) is 17.5 Å². The fourth-order valence-corrected chi connectivity index (χ4v) is 3.10. The topological polar surface area (TPSA) is 90.7 Å². The summed E-state index contributed by atoms with van der Waals surface area (Å²) in [5.41, 5.74) is 4.26. The van der Waals surface area contributed by atoms with Crippen LogP contribution in [0.5, 0.6) is 0 Å². The Balaban J connectivity index is 1.91. The Morgan fingerprint density at radius 1 is 1.07 bits per heavy atom. The molecule has 146 valence electrons. The van der Waals surface area contributed by atoms with E-state index in [9.17, 15) is 10.1 Å². The van der Waals surface area contributed by atoms with E-state index >= 15 is 0 Å². The molecule has 0 aliphatic rings. The zero-order valence-corrected chi connectivity index (χ0v) is 16.9. The molecule has 2 aromatic carbocycles. The lowest BCUT2D eigenvalue weighted by atomic mass is 9.98. The zero-order valence-electron chi connectivity index (χ0n) is 16.9. The van der Waals surface area contributed by atoms with Crippen molar-refractivity contribution < 1.29 is 4.79 Å². The van der Waals surface area contributed by atoms with Crippen molar-refractivity contribution in [1.29, 1.82) is 5.26 Å². The van der Waals surface area contributed by atoms with Crippen LogP contribution in [0.2, 0.25) is 0 Å². The molecule has 0 aliphatic carbocycles. The first kappa shape index (κ1) is 20.0. The number of para-hydroxylation sites is 2. The fraction of sp³-hybridized carbons (Fsp3) is 0.217. The van der Waals surface area contributed by atoms with Gasteiger partial charge in [-0.15, -0.1) is 0 Å². The van der Waals surface area contributed by atoms with Crippen LogP contribution >= 0.6 is 0 Å². The number of anilines is 3. The molecule has 0 saturated carbocycles. The average molecular weight is 385 g/mol. The number of amides is 1. The molecule has 3 aromatic rings. The van der Waals surface area contributed by atoms with Gasteiger partial charge in [0.2, 0.25) is 0 Å². The van der Waals surface area contributed by atoms with Gasteiger partial charge in [0.15, 0.2) is 0 Å². The molecule has 0 atom stereocenters. The Morgan fingerprint density at radius 3 is 2.55 bits per heavy atom. The summed E-state index contributed by atoms with van der Waals surface area (Å²) in [5, 5.41) is 15.4. The molecule has 6 nitrogen and oxygen atoms in total. The molecule has 0 radical (unpaired) electrons. The number of carbonyl (C=O) groups excluding carboxylic acids is 1. The minimum Gasteiger partial charge on any atom is -0.339 e. The van der Waals surface area contributed by atoms with Crippen molar-refractivity contribution in [3.63, 3.8) is 0 Å². The van der Waals surface area contributed by atoms with E-state index in [1.54, 1.807) is 31.2 Å². The highest BCUT2D eigenvalue weighted by Gasteiger charge is 2.16. The SMILES string of the molecule is Cc1nc(Nc2ccccc2C#N)cc(C(=O)Nc2c(C)cccc2C(C)C)n1. The van der Waals surface area contributed by atoms with Crippen molar-refractivity contribution in [3.8, 4) is 6.07 Å². The molecule has 1 heterocycles. The standard InChI is InChI=1S/C23H23N5O/c1-14(2)18-10-7-8-15(3)22(18)28-23(29)20-12-21(26-16(4)25-20)27-19-11-6-5-9-17(19)13-24/h5-12,14H,1-4H3,(H,28,29)(H,25,26,27). The molecule has 1 aromatic heterocycles. The molecule has 3 rings (SSSR count). The van der Waals surface area contributed by atoms with Gasteiger partial charge >= 0.3 is 0 Å². The first-order valence-electron chi connectivity index (χ1n) is 9.41. The minimum absolute atomic E-state index is 0.257. The molecule has 2 N–H and O–H groups in total. The summed E-state index contributed by atoms with van der Waals surface area (Å²) in [6, 6.07) is 16.8. The van der Waals surface area contributed by atoms with E-state index in [4.69, 9.17) is 0 Å². The summed E-state index contributed by atoms with van der Waals surface area (Å²) < 4.78 is 0. The molecule has 1 amide bonds. The summed E-state index contributed by atoms with van der Waals surface area (Å²) >= 11 is 0. The maximum Gasteiger partial charge on any atom is 0.274 e. The Hall–Kier alpha value is -3.72. The number of aromatic nitrogens is 2. The first-order valence-corrected chi connectivity index (χ1v) is 9.41. The molecule has 0 spiro atoms. The molecule has 0 saturated heterocycles. The van der Waals surface area contributed by atoms with E-state index in [0.29, 0.717) is 22.9 Å². The number of hydrogen-bond donors (Lipinski definition) is 2. The molecule has 0 aliphatic heterocycles. The van der Waals surface area contributed by atoms with Gasteiger partial charge in [0, 0.05) is 11.8 Å². The Labute approximate surface area is 170 Å². The highest BCUT2D eigenvalue weighted by atomic mass is 16.1. The fourth-order valence-electron chi connectivity index (χ4n) is 3.10. The highest BCUT2D eigenvalue weighted by molar-refractivity contribution is 6.04. The normalized spacial score (nSPS) is 10.5. The number of rotatable bonds is 5. The summed E-state index contributed by atoms with van der Waals surface area (Å²) in [5.74, 6) is 0.892. The predicted octanol–water partition coefficient (Wildman–Crippen LogP) is 5.08. The van der Waals surface area contributed by atoms with Gasteiger partial charge in [-0.1, -0.05) is 44.2 Å². The van der Waals surface area contributed by atoms with Crippen molar-refractivity contribution in [2.24, 2.45) is 0 Å². The second-order valence-electron chi connectivity index (χ2n) is 7.12. The lowest BCUT2D eigenvalue weighted by Crippen LogP contribution is -2.17. The van der Waals surface area contributed by atoms with Crippen molar-refractivity contribution >= 4 is 23.1 Å². The number of nitrogens with zero attached hydrogens (tertiary/aromatic N) is 3. The Morgan fingerprint density at radius 2 is 1.83 bits per heavy atom. The van der Waals surface area contributed by atoms with Crippen molar-refractivity contribution in [2.45, 2.75) is 33.6 Å². The van der Waals surface area contributed by atoms with Crippen molar-refractivity contribution in [2.75, 3.05) is 10.6 Å². The van der Waals surface area contributed by atoms with Crippen LogP contribution in [0.1, 0.15) is 52.8 Å². The van der Waals surface area contributed by atoms with E-state index in [2.05, 4.69) is 40.5 Å². The number of aryl methyl sites for hydroxylation is 2. The van der Waals surface area contributed by atoms with Crippen LogP contribution in [0.3, 0.4) is 0 Å². The van der Waals surface area contributed by atoms with Crippen LogP contribution in [-0.2, 0) is 0 Å². The maximum atomic E-state index is 12.9. The van der Waals surface area contributed by atoms with Crippen LogP contribution in [0.15, 0.2) is 48.5 Å². The largest absolute Gasteiger partial charge is 0.339 e. The monoisotopic (exact) mass is 385 g/mol. The van der Waals surface area contributed by atoms with Gasteiger partial charge in [-0.2, -0.15) is 5.26 Å². The highest BCUT2D eigenvalue weighted by Crippen LogP contribution is 2.28. The zero-order chi connectivity index (χ0) is 21.0. The quantitative estimate of drug-likeness (QED) is 0.639. The third-order valence-electron chi connectivity index (χ3n) is 4.55. The van der Waals surface area contributed by atoms with E-state index in [0.717, 1.165) is 16.8 Å². The summed E-state index contributed by atoms with van der Waals surface area (Å²) in [7, 11) is 0. The van der Waals surface area contributed by atoms with Crippen LogP contribution in [0.25, 0.3) is 0 Å². The summed E-state index contributed by atoms with van der Waals surface area (Å²) in [4.78, 5) is 21.6. The number of nitriles is 1. The van der Waals surface area contributed by atoms with Crippen LogP contribution in [0.4, 0.5) is 17.2 Å². The van der Waals surface area contributed by atoms with Gasteiger partial charge in [0.1, 0.15) is 23.4 Å². The molecule has 6 heteroatoms. The predicted molar refractivity (Wildman–Crippen MR) is 114 cm³/mol. The van der Waals surface area contributed by atoms with Crippen LogP contribution < -0.4 is 10.6 Å². The third kappa shape index (κ3) is 4.58. The van der Waals surface area contributed by atoms with Gasteiger partial charge in [-0.05, 0) is 43.0 Å². The molecular formula is C23H23N5O. The smallest absolute Gasteiger partial charge is 0.274 e. The van der Waals surface area contributed by atoms with Gasteiger partial charge < -0.3 is 10.6 Å². The van der Waals surface area contributed by atoms with Gasteiger partial charge in [-0.25, -0.2) is 9.97 Å². The van der Waals surface area contributed by atoms with Gasteiger partial charge in [0.05, 0.1) is 11.3 Å². The third-order valence-corrected chi connectivity index (χ3v) is 4.55. The molecule has 29 heavy (non-hydrogen) atoms. The second kappa shape index (κ2) is 8.53. The Kier molecular flexibility index (Phi) is 5.89. The van der Waals surface area contributed by atoms with Crippen LogP contribution in [-0.4, -0.2) is 15.9 Å². The average Bonchev–Trinajstić information content (AvgIpc) is 2.69. The van der Waals surface area contributed by atoms with E-state index < -0.39 is 0 Å². The van der Waals surface area contributed by atoms with E-state index in [1.165, 1.54) is 0 Å². The van der Waals surface area contributed by atoms with Crippen molar-refractivity contribution in [3.05, 3.63) is 76.7 Å². The van der Waals surface area contributed by atoms with E-state index in [1.807, 2.05) is 31.2 Å². The minimum atomic E-state index is -0.302.